The van der Waals surface area contributed by atoms with Crippen LogP contribution in [0.3, 0.4) is 0 Å². The van der Waals surface area contributed by atoms with Gasteiger partial charge in [-0.3, -0.25) is 0 Å². The Bertz CT molecular complexity index is 1200. The number of aryl methyl sites for hydroxylation is 1. The molecular formula is C22H25FN6. The molecule has 1 saturated carbocycles. The van der Waals surface area contributed by atoms with E-state index in [-0.39, 0.29) is 11.9 Å². The van der Waals surface area contributed by atoms with Crippen LogP contribution in [-0.2, 0) is 0 Å². The molecule has 0 radical (unpaired) electrons. The molecule has 0 amide bonds. The van der Waals surface area contributed by atoms with E-state index in [1.54, 1.807) is 16.8 Å². The van der Waals surface area contributed by atoms with Gasteiger partial charge < -0.3 is 9.88 Å². The van der Waals surface area contributed by atoms with Gasteiger partial charge in [0.2, 0.25) is 5.95 Å². The van der Waals surface area contributed by atoms with Gasteiger partial charge in [-0.15, -0.1) is 5.10 Å². The fraction of sp³-hybridized carbons (Fsp3) is 0.409. The Morgan fingerprint density at radius 2 is 2.07 bits per heavy atom. The third kappa shape index (κ3) is 3.05. The number of nitrogens with one attached hydrogen (secondary N) is 1. The van der Waals surface area contributed by atoms with Crippen LogP contribution in [0.1, 0.15) is 45.0 Å². The molecule has 0 atom stereocenters. The summed E-state index contributed by atoms with van der Waals surface area (Å²) < 4.78 is 18.7. The molecule has 1 fully saturated rings. The molecular weight excluding hydrogens is 367 g/mol. The van der Waals surface area contributed by atoms with Crippen molar-refractivity contribution in [2.45, 2.75) is 46.1 Å². The Kier molecular flexibility index (Phi) is 4.26. The second-order valence-electron chi connectivity index (χ2n) is 8.27. The minimum Gasteiger partial charge on any atom is -0.353 e. The average molecular weight is 392 g/mol. The SMILES string of the molecule is Cc1nc2c(F)cc(-c3ccn4nc(NCC5CCC5)ncc34)cc2n1C(C)C. The molecule has 0 bridgehead atoms. The maximum absolute atomic E-state index is 14.9. The number of halogens is 1. The maximum atomic E-state index is 14.9. The Labute approximate surface area is 168 Å². The van der Waals surface area contributed by atoms with Gasteiger partial charge in [0.1, 0.15) is 11.3 Å². The van der Waals surface area contributed by atoms with Gasteiger partial charge in [-0.25, -0.2) is 18.9 Å². The predicted octanol–water partition coefficient (Wildman–Crippen LogP) is 4.99. The number of anilines is 1. The van der Waals surface area contributed by atoms with Gasteiger partial charge in [0.25, 0.3) is 0 Å². The number of imidazole rings is 1. The predicted molar refractivity (Wildman–Crippen MR) is 113 cm³/mol. The Hall–Kier alpha value is -2.96. The lowest BCUT2D eigenvalue weighted by molar-refractivity contribution is 0.333. The van der Waals surface area contributed by atoms with Gasteiger partial charge in [-0.05, 0) is 63.3 Å². The van der Waals surface area contributed by atoms with Gasteiger partial charge in [-0.2, -0.15) is 0 Å². The standard InChI is InChI=1S/C22H25FN6/c1-13(2)29-14(3)26-21-18(23)9-16(10-19(21)29)17-7-8-28-20(17)12-25-22(27-28)24-11-15-5-4-6-15/h7-10,12-13,15H,4-6,11H2,1-3H3,(H,24,27). The lowest BCUT2D eigenvalue weighted by Gasteiger charge is -2.25. The van der Waals surface area contributed by atoms with Crippen LogP contribution in [0.5, 0.6) is 0 Å². The monoisotopic (exact) mass is 392 g/mol. The van der Waals surface area contributed by atoms with Crippen LogP contribution in [-0.4, -0.2) is 30.7 Å². The topological polar surface area (TPSA) is 60.0 Å². The zero-order valence-electron chi connectivity index (χ0n) is 17.0. The number of hydrogen-bond acceptors (Lipinski definition) is 4. The second-order valence-corrected chi connectivity index (χ2v) is 8.27. The number of aromatic nitrogens is 5. The molecule has 4 aromatic rings. The lowest BCUT2D eigenvalue weighted by Crippen LogP contribution is -2.22. The van der Waals surface area contributed by atoms with Crippen LogP contribution in [0.15, 0.2) is 30.6 Å². The molecule has 0 unspecified atom stereocenters. The van der Waals surface area contributed by atoms with Crippen molar-refractivity contribution in [3.05, 3.63) is 42.2 Å². The fourth-order valence-electron chi connectivity index (χ4n) is 4.23. The molecule has 1 aliphatic rings. The average Bonchev–Trinajstić information content (AvgIpc) is 3.20. The quantitative estimate of drug-likeness (QED) is 0.520. The molecule has 0 aliphatic heterocycles. The van der Waals surface area contributed by atoms with E-state index in [0.29, 0.717) is 11.5 Å². The Morgan fingerprint density at radius 3 is 2.79 bits per heavy atom. The molecule has 0 spiro atoms. The van der Waals surface area contributed by atoms with Crippen LogP contribution < -0.4 is 5.32 Å². The van der Waals surface area contributed by atoms with E-state index in [1.807, 2.05) is 25.3 Å². The number of hydrogen-bond donors (Lipinski definition) is 1. The van der Waals surface area contributed by atoms with E-state index in [1.165, 1.54) is 19.3 Å². The maximum Gasteiger partial charge on any atom is 0.241 e. The van der Waals surface area contributed by atoms with Crippen molar-refractivity contribution < 1.29 is 4.39 Å². The molecule has 5 rings (SSSR count). The van der Waals surface area contributed by atoms with Crippen LogP contribution in [0, 0.1) is 18.7 Å². The summed E-state index contributed by atoms with van der Waals surface area (Å²) in [6.45, 7) is 7.00. The number of rotatable bonds is 5. The number of benzene rings is 1. The zero-order valence-corrected chi connectivity index (χ0v) is 17.0. The smallest absolute Gasteiger partial charge is 0.241 e. The van der Waals surface area contributed by atoms with Gasteiger partial charge >= 0.3 is 0 Å². The summed E-state index contributed by atoms with van der Waals surface area (Å²) in [4.78, 5) is 8.90. The highest BCUT2D eigenvalue weighted by atomic mass is 19.1. The highest BCUT2D eigenvalue weighted by Crippen LogP contribution is 2.32. The number of fused-ring (bicyclic) bond motifs is 2. The van der Waals surface area contributed by atoms with Gasteiger partial charge in [0.05, 0.1) is 17.2 Å². The molecule has 1 N–H and O–H groups in total. The van der Waals surface area contributed by atoms with Crippen LogP contribution >= 0.6 is 0 Å². The van der Waals surface area contributed by atoms with Crippen molar-refractivity contribution in [2.24, 2.45) is 5.92 Å². The van der Waals surface area contributed by atoms with Gasteiger partial charge in [-0.1, -0.05) is 6.42 Å². The van der Waals surface area contributed by atoms with E-state index < -0.39 is 0 Å². The minimum absolute atomic E-state index is 0.202. The normalized spacial score (nSPS) is 14.8. The van der Waals surface area contributed by atoms with Crippen molar-refractivity contribution in [3.8, 4) is 11.1 Å². The summed E-state index contributed by atoms with van der Waals surface area (Å²) in [5.74, 6) is 1.87. The molecule has 3 heterocycles. The Morgan fingerprint density at radius 1 is 1.24 bits per heavy atom. The third-order valence-corrected chi connectivity index (χ3v) is 5.94. The molecule has 3 aromatic heterocycles. The summed E-state index contributed by atoms with van der Waals surface area (Å²) >= 11 is 0. The fourth-order valence-corrected chi connectivity index (χ4v) is 4.23. The van der Waals surface area contributed by atoms with Crippen LogP contribution in [0.2, 0.25) is 0 Å². The lowest BCUT2D eigenvalue weighted by atomic mass is 9.85. The summed E-state index contributed by atoms with van der Waals surface area (Å²) in [7, 11) is 0. The zero-order chi connectivity index (χ0) is 20.1. The second kappa shape index (κ2) is 6.83. The highest BCUT2D eigenvalue weighted by Gasteiger charge is 2.19. The molecule has 1 aliphatic carbocycles. The summed E-state index contributed by atoms with van der Waals surface area (Å²) in [6.07, 6.45) is 7.59. The molecule has 6 nitrogen and oxygen atoms in total. The Balaban J connectivity index is 1.54. The van der Waals surface area contributed by atoms with Gasteiger partial charge in [0, 0.05) is 24.3 Å². The van der Waals surface area contributed by atoms with Crippen molar-refractivity contribution in [3.63, 3.8) is 0 Å². The number of nitrogens with zero attached hydrogens (tertiary/aromatic N) is 5. The molecule has 0 saturated heterocycles. The first-order valence-corrected chi connectivity index (χ1v) is 10.3. The van der Waals surface area contributed by atoms with Crippen LogP contribution in [0.25, 0.3) is 27.7 Å². The third-order valence-electron chi connectivity index (χ3n) is 5.94. The van der Waals surface area contributed by atoms with Crippen molar-refractivity contribution in [1.29, 1.82) is 0 Å². The molecule has 1 aromatic carbocycles. The molecule has 150 valence electrons. The van der Waals surface area contributed by atoms with Crippen molar-refractivity contribution in [2.75, 3.05) is 11.9 Å². The molecule has 7 heteroatoms. The summed E-state index contributed by atoms with van der Waals surface area (Å²) in [6, 6.07) is 5.73. The first-order chi connectivity index (χ1) is 14.0. The van der Waals surface area contributed by atoms with Crippen LogP contribution in [0.4, 0.5) is 10.3 Å². The van der Waals surface area contributed by atoms with E-state index in [4.69, 9.17) is 0 Å². The largest absolute Gasteiger partial charge is 0.353 e. The highest BCUT2D eigenvalue weighted by molar-refractivity contribution is 5.88. The summed E-state index contributed by atoms with van der Waals surface area (Å²) in [5.41, 5.74) is 3.79. The van der Waals surface area contributed by atoms with E-state index in [0.717, 1.165) is 40.4 Å². The summed E-state index contributed by atoms with van der Waals surface area (Å²) in [5, 5.41) is 7.90. The van der Waals surface area contributed by atoms with E-state index in [2.05, 4.69) is 38.8 Å². The minimum atomic E-state index is -0.306. The van der Waals surface area contributed by atoms with E-state index in [9.17, 15) is 4.39 Å². The van der Waals surface area contributed by atoms with Crippen molar-refractivity contribution >= 4 is 22.5 Å². The van der Waals surface area contributed by atoms with E-state index >= 15 is 0 Å². The van der Waals surface area contributed by atoms with Crippen molar-refractivity contribution in [1.82, 2.24) is 24.1 Å². The van der Waals surface area contributed by atoms with Gasteiger partial charge in [0.15, 0.2) is 5.82 Å². The first-order valence-electron chi connectivity index (χ1n) is 10.3. The molecule has 29 heavy (non-hydrogen) atoms. The first kappa shape index (κ1) is 18.1.